The van der Waals surface area contributed by atoms with Gasteiger partial charge in [-0.2, -0.15) is 0 Å². The number of phosphoric acid groups is 1. The molecule has 0 aromatic heterocycles. The normalized spacial score (nSPS) is 15.4. The van der Waals surface area contributed by atoms with Gasteiger partial charge < -0.3 is 24.3 Å². The van der Waals surface area contributed by atoms with Crippen LogP contribution in [0.4, 0.5) is 4.79 Å². The molecule has 2 unspecified atom stereocenters. The molecule has 0 aliphatic carbocycles. The van der Waals surface area contributed by atoms with Gasteiger partial charge in [-0.1, -0.05) is 88.2 Å². The molecule has 0 saturated heterocycles. The van der Waals surface area contributed by atoms with Crippen LogP contribution in [0.1, 0.15) is 86.0 Å². The van der Waals surface area contributed by atoms with Crippen LogP contribution in [0.15, 0.2) is 0 Å². The van der Waals surface area contributed by atoms with Crippen LogP contribution in [0.3, 0.4) is 0 Å². The Morgan fingerprint density at radius 3 is 1.88 bits per heavy atom. The highest BCUT2D eigenvalue weighted by molar-refractivity contribution is 7.48. The van der Waals surface area contributed by atoms with Gasteiger partial charge in [-0.15, -0.1) is 0 Å². The molecule has 0 bridgehead atoms. The maximum Gasteiger partial charge on any atom is 0.475 e. The Morgan fingerprint density at radius 1 is 0.850 bits per heavy atom. The molecule has 0 radical (unpaired) electrons. The number of amides is 1. The second-order valence-corrected chi connectivity index (χ2v) is 13.5. The van der Waals surface area contributed by atoms with Gasteiger partial charge in [0.15, 0.2) is 0 Å². The van der Waals surface area contributed by atoms with E-state index in [1.54, 1.807) is 6.92 Å². The number of alkyl halides is 3. The Bertz CT molecular complexity index is 674. The number of methoxy groups -OCH3 is 1. The van der Waals surface area contributed by atoms with Crippen LogP contribution < -0.4 is 5.32 Å². The average molecular weight is 659 g/mol. The number of ether oxygens (including phenoxy) is 4. The Hall–Kier alpha value is 0.130. The Kier molecular flexibility index (Phi) is 23.6. The number of hydrogen-bond donors (Lipinski definition) is 1. The van der Waals surface area contributed by atoms with Crippen LogP contribution in [0.5, 0.6) is 0 Å². The number of unbranched alkanes of at least 4 members (excludes halogenated alkanes) is 4. The molecule has 0 aliphatic heterocycles. The van der Waals surface area contributed by atoms with Crippen LogP contribution in [0.25, 0.3) is 0 Å². The SMILES string of the molecule is CCCCOCC(OC)C(OP(=O)(OCCCC)OCCCC)[C@@H](OCCCC)[C@@H](C)NC(=O)OCC(Cl)(Cl)Cl. The molecule has 0 heterocycles. The van der Waals surface area contributed by atoms with Gasteiger partial charge in [-0.3, -0.25) is 13.6 Å². The number of nitrogens with one attached hydrogen (secondary N) is 1. The average Bonchev–Trinajstić information content (AvgIpc) is 2.89. The van der Waals surface area contributed by atoms with Crippen molar-refractivity contribution in [2.24, 2.45) is 0 Å². The van der Waals surface area contributed by atoms with Crippen molar-refractivity contribution >= 4 is 48.7 Å². The number of carbonyl (C=O) groups is 1. The Balaban J connectivity index is 6.19. The van der Waals surface area contributed by atoms with Gasteiger partial charge >= 0.3 is 13.9 Å². The summed E-state index contributed by atoms with van der Waals surface area (Å²) in [6.45, 7) is 10.7. The molecule has 240 valence electrons. The summed E-state index contributed by atoms with van der Waals surface area (Å²) >= 11 is 17.1. The molecule has 1 amide bonds. The zero-order valence-electron chi connectivity index (χ0n) is 25.0. The number of phosphoric ester groups is 1. The zero-order valence-corrected chi connectivity index (χ0v) is 28.1. The van der Waals surface area contributed by atoms with Crippen molar-refractivity contribution in [3.05, 3.63) is 0 Å². The molecule has 10 nitrogen and oxygen atoms in total. The van der Waals surface area contributed by atoms with Crippen molar-refractivity contribution in [2.45, 2.75) is 114 Å². The predicted octanol–water partition coefficient (Wildman–Crippen LogP) is 7.62. The molecule has 0 rings (SSSR count). The first-order valence-corrected chi connectivity index (χ1v) is 16.9. The molecule has 0 aromatic rings. The van der Waals surface area contributed by atoms with E-state index in [0.717, 1.165) is 38.5 Å². The van der Waals surface area contributed by atoms with Crippen molar-refractivity contribution in [1.82, 2.24) is 5.32 Å². The molecule has 0 spiro atoms. The first-order valence-electron chi connectivity index (χ1n) is 14.3. The number of halogens is 3. The molecule has 1 N–H and O–H groups in total. The number of alkyl carbamates (subject to hydrolysis) is 1. The third kappa shape index (κ3) is 19.3. The molecule has 4 atom stereocenters. The van der Waals surface area contributed by atoms with Crippen molar-refractivity contribution < 1.29 is 41.9 Å². The third-order valence-corrected chi connectivity index (χ3v) is 7.50. The van der Waals surface area contributed by atoms with Crippen molar-refractivity contribution in [1.29, 1.82) is 0 Å². The molecular formula is C26H51Cl3NO9P. The fourth-order valence-corrected chi connectivity index (χ4v) is 4.93. The largest absolute Gasteiger partial charge is 0.475 e. The summed E-state index contributed by atoms with van der Waals surface area (Å²) in [5.74, 6) is 0. The molecular weight excluding hydrogens is 608 g/mol. The molecule has 0 aromatic carbocycles. The lowest BCUT2D eigenvalue weighted by Gasteiger charge is -2.37. The standard InChI is InChI=1S/C26H51Cl3NO9P/c1-7-11-15-34-19-22(33-6)24(39-40(32,37-17-13-9-3)38-18-14-10-4)23(35-16-12-8-2)21(5)30-25(31)36-20-26(27,28)29/h21-24H,7-20H2,1-6H3,(H,30,31)/t21-,22?,23+,24?/m1/s1. The van der Waals surface area contributed by atoms with Crippen LogP contribution in [-0.4, -0.2) is 81.0 Å². The first-order chi connectivity index (χ1) is 19.0. The summed E-state index contributed by atoms with van der Waals surface area (Å²) in [7, 11) is -2.56. The monoisotopic (exact) mass is 657 g/mol. The quantitative estimate of drug-likeness (QED) is 0.0602. The number of rotatable bonds is 25. The highest BCUT2D eigenvalue weighted by Crippen LogP contribution is 2.52. The minimum absolute atomic E-state index is 0.128. The minimum Gasteiger partial charge on any atom is -0.445 e. The molecule has 0 saturated carbocycles. The van der Waals surface area contributed by atoms with Gasteiger partial charge in [0, 0.05) is 20.3 Å². The summed E-state index contributed by atoms with van der Waals surface area (Å²) in [6, 6.07) is -0.710. The summed E-state index contributed by atoms with van der Waals surface area (Å²) in [6.07, 6.45) is 3.04. The zero-order chi connectivity index (χ0) is 30.4. The van der Waals surface area contributed by atoms with E-state index in [0.29, 0.717) is 26.1 Å². The first kappa shape index (κ1) is 40.1. The summed E-state index contributed by atoms with van der Waals surface area (Å²) in [5.41, 5.74) is 0. The molecule has 14 heteroatoms. The summed E-state index contributed by atoms with van der Waals surface area (Å²) in [5, 5.41) is 2.70. The lowest BCUT2D eigenvalue weighted by atomic mass is 10.0. The van der Waals surface area contributed by atoms with E-state index in [4.69, 9.17) is 67.3 Å². The molecule has 0 aliphatic rings. The second-order valence-electron chi connectivity index (χ2n) is 9.41. The topological polar surface area (TPSA) is 111 Å². The van der Waals surface area contributed by atoms with E-state index in [1.807, 2.05) is 20.8 Å². The Morgan fingerprint density at radius 2 is 1.38 bits per heavy atom. The summed E-state index contributed by atoms with van der Waals surface area (Å²) < 4.78 is 52.6. The van der Waals surface area contributed by atoms with Crippen molar-refractivity contribution in [3.63, 3.8) is 0 Å². The van der Waals surface area contributed by atoms with E-state index in [9.17, 15) is 9.36 Å². The second kappa shape index (κ2) is 23.6. The number of carbonyl (C=O) groups excluding carboxylic acids is 1. The minimum atomic E-state index is -4.06. The lowest BCUT2D eigenvalue weighted by molar-refractivity contribution is -0.128. The van der Waals surface area contributed by atoms with Gasteiger partial charge in [0.1, 0.15) is 24.9 Å². The molecule has 0 fully saturated rings. The fourth-order valence-electron chi connectivity index (χ4n) is 3.32. The van der Waals surface area contributed by atoms with Crippen LogP contribution in [0.2, 0.25) is 0 Å². The van der Waals surface area contributed by atoms with Gasteiger partial charge in [0.2, 0.25) is 3.79 Å². The van der Waals surface area contributed by atoms with Gasteiger partial charge in [-0.05, 0) is 32.6 Å². The molecule has 40 heavy (non-hydrogen) atoms. The highest BCUT2D eigenvalue weighted by atomic mass is 35.6. The van der Waals surface area contributed by atoms with Gasteiger partial charge in [-0.25, -0.2) is 9.36 Å². The summed E-state index contributed by atoms with van der Waals surface area (Å²) in [4.78, 5) is 12.5. The van der Waals surface area contributed by atoms with Gasteiger partial charge in [0.25, 0.3) is 0 Å². The van der Waals surface area contributed by atoms with Crippen LogP contribution >= 0.6 is 42.6 Å². The van der Waals surface area contributed by atoms with E-state index in [-0.39, 0.29) is 19.8 Å². The van der Waals surface area contributed by atoms with Gasteiger partial charge in [0.05, 0.1) is 25.9 Å². The van der Waals surface area contributed by atoms with Crippen LogP contribution in [0, 0.1) is 0 Å². The lowest BCUT2D eigenvalue weighted by Crippen LogP contribution is -2.54. The van der Waals surface area contributed by atoms with Crippen LogP contribution in [-0.2, 0) is 37.1 Å². The predicted molar refractivity (Wildman–Crippen MR) is 160 cm³/mol. The maximum absolute atomic E-state index is 13.9. The number of hydrogen-bond acceptors (Lipinski definition) is 9. The van der Waals surface area contributed by atoms with E-state index in [1.165, 1.54) is 7.11 Å². The van der Waals surface area contributed by atoms with E-state index >= 15 is 0 Å². The van der Waals surface area contributed by atoms with Crippen molar-refractivity contribution in [3.8, 4) is 0 Å². The van der Waals surface area contributed by atoms with E-state index < -0.39 is 48.7 Å². The fraction of sp³-hybridized carbons (Fsp3) is 0.962. The smallest absolute Gasteiger partial charge is 0.445 e. The maximum atomic E-state index is 13.9. The van der Waals surface area contributed by atoms with E-state index in [2.05, 4.69) is 12.2 Å². The highest BCUT2D eigenvalue weighted by Gasteiger charge is 2.43. The third-order valence-electron chi connectivity index (χ3n) is 5.68. The van der Waals surface area contributed by atoms with Crippen molar-refractivity contribution in [2.75, 3.05) is 46.8 Å². The Labute approximate surface area is 256 Å².